The number of nitro groups is 1. The van der Waals surface area contributed by atoms with Gasteiger partial charge >= 0.3 is 0 Å². The Morgan fingerprint density at radius 2 is 1.84 bits per heavy atom. The van der Waals surface area contributed by atoms with Gasteiger partial charge in [-0.3, -0.25) is 14.7 Å². The minimum Gasteiger partial charge on any atom is -0.506 e. The molecule has 158 valence electrons. The predicted octanol–water partition coefficient (Wildman–Crippen LogP) is 4.13. The zero-order chi connectivity index (χ0) is 22.3. The minimum atomic E-state index is -4.76. The van der Waals surface area contributed by atoms with Gasteiger partial charge in [-0.05, 0) is 29.2 Å². The van der Waals surface area contributed by atoms with E-state index < -0.39 is 31.7 Å². The molecular weight excluding hydrogens is 426 g/mol. The molecule has 3 aromatic rings. The second-order valence-electron chi connectivity index (χ2n) is 6.88. The monoisotopic (exact) mass is 441 g/mol. The lowest BCUT2D eigenvalue weighted by Gasteiger charge is -2.18. The lowest BCUT2D eigenvalue weighted by Crippen LogP contribution is -2.24. The first-order valence-corrected chi connectivity index (χ1v) is 10.4. The number of hydrogen-bond acceptors (Lipinski definition) is 8. The van der Waals surface area contributed by atoms with Gasteiger partial charge in [-0.15, -0.1) is 10.2 Å². The molecule has 0 aromatic heterocycles. The number of nitrogens with zero attached hydrogens (tertiary/aromatic N) is 3. The van der Waals surface area contributed by atoms with Crippen molar-refractivity contribution in [2.45, 2.75) is 17.4 Å². The van der Waals surface area contributed by atoms with Crippen molar-refractivity contribution in [3.63, 3.8) is 0 Å². The zero-order valence-electron chi connectivity index (χ0n) is 15.7. The Morgan fingerprint density at radius 1 is 1.10 bits per heavy atom. The molecule has 0 spiro atoms. The summed E-state index contributed by atoms with van der Waals surface area (Å²) in [5.41, 5.74) is -0.0161. The standard InChI is InChI=1S/C20H15N3O7S/c24-17-10-18(31(28,29)30)15-9-12(23(26)27)6-7-14(15)19(17)22-21-16-8-5-11-3-1-2-4-13(11)20(16)25/h1-8,10,12,24-25H,9H2,(H,28,29,30). The summed E-state index contributed by atoms with van der Waals surface area (Å²) in [7, 11) is -4.76. The quantitative estimate of drug-likeness (QED) is 0.237. The van der Waals surface area contributed by atoms with Crippen LogP contribution in [0.5, 0.6) is 11.5 Å². The Bertz CT molecular complexity index is 1400. The van der Waals surface area contributed by atoms with Gasteiger partial charge < -0.3 is 10.2 Å². The molecular formula is C20H15N3O7S. The van der Waals surface area contributed by atoms with Crippen LogP contribution in [-0.2, 0) is 16.5 Å². The summed E-state index contributed by atoms with van der Waals surface area (Å²) in [5, 5.41) is 41.2. The molecule has 0 fully saturated rings. The number of fused-ring (bicyclic) bond motifs is 2. The predicted molar refractivity (Wildman–Crippen MR) is 111 cm³/mol. The van der Waals surface area contributed by atoms with Crippen LogP contribution in [0, 0.1) is 10.1 Å². The van der Waals surface area contributed by atoms with Gasteiger partial charge in [-0.2, -0.15) is 8.42 Å². The van der Waals surface area contributed by atoms with Crippen molar-refractivity contribution in [1.29, 1.82) is 0 Å². The van der Waals surface area contributed by atoms with Crippen molar-refractivity contribution in [2.24, 2.45) is 10.2 Å². The van der Waals surface area contributed by atoms with Crippen LogP contribution in [-0.4, -0.2) is 34.1 Å². The van der Waals surface area contributed by atoms with E-state index in [1.807, 2.05) is 12.1 Å². The van der Waals surface area contributed by atoms with E-state index in [1.165, 1.54) is 18.2 Å². The first-order valence-electron chi connectivity index (χ1n) is 8.97. The average molecular weight is 441 g/mol. The molecule has 3 N–H and O–H groups in total. The number of azo groups is 1. The SMILES string of the molecule is O=[N+]([O-])C1C=Cc2c(c(S(=O)(=O)O)cc(O)c2N=Nc2ccc3ccccc3c2O)C1. The Morgan fingerprint density at radius 3 is 2.55 bits per heavy atom. The number of phenolic OH excluding ortho intramolecular Hbond substituents is 2. The highest BCUT2D eigenvalue weighted by Gasteiger charge is 2.31. The van der Waals surface area contributed by atoms with Crippen molar-refractivity contribution in [1.82, 2.24) is 0 Å². The summed E-state index contributed by atoms with van der Waals surface area (Å²) < 4.78 is 33.0. The van der Waals surface area contributed by atoms with Crippen molar-refractivity contribution in [3.8, 4) is 11.5 Å². The van der Waals surface area contributed by atoms with E-state index in [0.29, 0.717) is 5.39 Å². The summed E-state index contributed by atoms with van der Waals surface area (Å²) in [6, 6.07) is 9.89. The van der Waals surface area contributed by atoms with E-state index in [1.54, 1.807) is 18.2 Å². The molecule has 0 aliphatic heterocycles. The normalized spacial score (nSPS) is 16.0. The van der Waals surface area contributed by atoms with Crippen LogP contribution in [0.2, 0.25) is 0 Å². The summed E-state index contributed by atoms with van der Waals surface area (Å²) in [6.07, 6.45) is 2.18. The Labute approximate surface area is 175 Å². The van der Waals surface area contributed by atoms with Gasteiger partial charge in [0.25, 0.3) is 10.1 Å². The molecule has 1 atom stereocenters. The van der Waals surface area contributed by atoms with Gasteiger partial charge in [0.15, 0.2) is 5.75 Å². The molecule has 0 saturated heterocycles. The number of phenols is 2. The summed E-state index contributed by atoms with van der Waals surface area (Å²) >= 11 is 0. The summed E-state index contributed by atoms with van der Waals surface area (Å²) in [4.78, 5) is 9.93. The first kappa shape index (κ1) is 20.4. The van der Waals surface area contributed by atoms with Crippen LogP contribution in [0.15, 0.2) is 63.7 Å². The molecule has 31 heavy (non-hydrogen) atoms. The molecule has 0 saturated carbocycles. The van der Waals surface area contributed by atoms with Crippen molar-refractivity contribution in [2.75, 3.05) is 0 Å². The van der Waals surface area contributed by atoms with Crippen LogP contribution >= 0.6 is 0 Å². The minimum absolute atomic E-state index is 0.0545. The molecule has 0 amide bonds. The third-order valence-electron chi connectivity index (χ3n) is 4.97. The first-order chi connectivity index (χ1) is 14.7. The van der Waals surface area contributed by atoms with Crippen LogP contribution in [0.25, 0.3) is 16.8 Å². The van der Waals surface area contributed by atoms with Crippen molar-refractivity contribution < 1.29 is 28.1 Å². The third kappa shape index (κ3) is 3.71. The molecule has 0 bridgehead atoms. The lowest BCUT2D eigenvalue weighted by atomic mass is 9.92. The topological polar surface area (TPSA) is 163 Å². The maximum Gasteiger partial charge on any atom is 0.294 e. The van der Waals surface area contributed by atoms with E-state index >= 15 is 0 Å². The van der Waals surface area contributed by atoms with Crippen molar-refractivity contribution >= 4 is 38.3 Å². The molecule has 0 radical (unpaired) electrons. The van der Waals surface area contributed by atoms with E-state index in [2.05, 4.69) is 10.2 Å². The molecule has 10 nitrogen and oxygen atoms in total. The van der Waals surface area contributed by atoms with Gasteiger partial charge in [0, 0.05) is 28.4 Å². The highest BCUT2D eigenvalue weighted by Crippen LogP contribution is 2.42. The van der Waals surface area contributed by atoms with Gasteiger partial charge in [0.05, 0.1) is 0 Å². The van der Waals surface area contributed by atoms with Gasteiger partial charge in [-0.1, -0.05) is 30.3 Å². The van der Waals surface area contributed by atoms with Gasteiger partial charge in [0.1, 0.15) is 22.0 Å². The fourth-order valence-electron chi connectivity index (χ4n) is 3.48. The van der Waals surface area contributed by atoms with Crippen LogP contribution in [0.1, 0.15) is 11.1 Å². The number of hydrogen-bond donors (Lipinski definition) is 3. The molecule has 1 aliphatic rings. The second kappa shape index (κ2) is 7.45. The van der Waals surface area contributed by atoms with Crippen LogP contribution in [0.4, 0.5) is 11.4 Å². The number of rotatable bonds is 4. The maximum absolute atomic E-state index is 11.8. The van der Waals surface area contributed by atoms with Crippen LogP contribution in [0.3, 0.4) is 0 Å². The average Bonchev–Trinajstić information content (AvgIpc) is 2.73. The van der Waals surface area contributed by atoms with E-state index in [9.17, 15) is 33.3 Å². The Kier molecular flexibility index (Phi) is 4.91. The highest BCUT2D eigenvalue weighted by molar-refractivity contribution is 7.85. The smallest absolute Gasteiger partial charge is 0.294 e. The zero-order valence-corrected chi connectivity index (χ0v) is 16.5. The number of aromatic hydroxyl groups is 2. The largest absolute Gasteiger partial charge is 0.506 e. The molecule has 1 unspecified atom stereocenters. The Hall–Kier alpha value is -3.83. The Balaban J connectivity index is 1.86. The molecule has 1 aliphatic carbocycles. The molecule has 0 heterocycles. The molecule has 3 aromatic carbocycles. The number of benzene rings is 3. The third-order valence-corrected chi connectivity index (χ3v) is 5.89. The fraction of sp³-hybridized carbons (Fsp3) is 0.100. The highest BCUT2D eigenvalue weighted by atomic mass is 32.2. The molecule has 11 heteroatoms. The van der Waals surface area contributed by atoms with Crippen LogP contribution < -0.4 is 0 Å². The summed E-state index contributed by atoms with van der Waals surface area (Å²) in [5.74, 6) is -0.728. The summed E-state index contributed by atoms with van der Waals surface area (Å²) in [6.45, 7) is 0. The van der Waals surface area contributed by atoms with E-state index in [-0.39, 0.29) is 34.7 Å². The van der Waals surface area contributed by atoms with Gasteiger partial charge in [0.2, 0.25) is 6.04 Å². The van der Waals surface area contributed by atoms with E-state index in [0.717, 1.165) is 11.5 Å². The fourth-order valence-corrected chi connectivity index (χ4v) is 4.24. The van der Waals surface area contributed by atoms with Gasteiger partial charge in [-0.25, -0.2) is 0 Å². The van der Waals surface area contributed by atoms with E-state index in [4.69, 9.17) is 0 Å². The maximum atomic E-state index is 11.8. The molecule has 4 rings (SSSR count). The lowest BCUT2D eigenvalue weighted by molar-refractivity contribution is -0.508. The van der Waals surface area contributed by atoms with Crippen molar-refractivity contribution in [3.05, 3.63) is 69.8 Å². The second-order valence-corrected chi connectivity index (χ2v) is 8.27.